The van der Waals surface area contributed by atoms with E-state index in [4.69, 9.17) is 16.3 Å². The molecule has 1 aliphatic carbocycles. The van der Waals surface area contributed by atoms with E-state index in [1.54, 1.807) is 23.1 Å². The maximum Gasteiger partial charge on any atom is 0.261 e. The number of carbonyl (C=O) groups excluding carboxylic acids is 1. The first-order valence-corrected chi connectivity index (χ1v) is 9.96. The van der Waals surface area contributed by atoms with Crippen molar-refractivity contribution in [2.45, 2.75) is 38.3 Å². The van der Waals surface area contributed by atoms with E-state index in [1.807, 2.05) is 6.92 Å². The fraction of sp³-hybridized carbons (Fsp3) is 0.562. The summed E-state index contributed by atoms with van der Waals surface area (Å²) >= 11 is 5.91. The van der Waals surface area contributed by atoms with Crippen LogP contribution >= 0.6 is 11.6 Å². The highest BCUT2D eigenvalue weighted by Gasteiger charge is 2.42. The maximum atomic E-state index is 12.6. The zero-order valence-electron chi connectivity index (χ0n) is 13.0. The second-order valence-electron chi connectivity index (χ2n) is 6.29. The Morgan fingerprint density at radius 1 is 1.30 bits per heavy atom. The van der Waals surface area contributed by atoms with Crippen LogP contribution in [-0.2, 0) is 14.6 Å². The van der Waals surface area contributed by atoms with Crippen molar-refractivity contribution in [3.63, 3.8) is 0 Å². The molecule has 2 aliphatic rings. The zero-order chi connectivity index (χ0) is 16.6. The van der Waals surface area contributed by atoms with Crippen LogP contribution in [0.1, 0.15) is 24.8 Å². The molecule has 0 N–H and O–H groups in total. The Kier molecular flexibility index (Phi) is 4.56. The smallest absolute Gasteiger partial charge is 0.261 e. The molecule has 0 unspecified atom stereocenters. The third-order valence-corrected chi connectivity index (χ3v) is 6.30. The summed E-state index contributed by atoms with van der Waals surface area (Å²) in [5.41, 5.74) is 0.867. The van der Waals surface area contributed by atoms with Crippen LogP contribution in [0.5, 0.6) is 5.75 Å². The Bertz CT molecular complexity index is 715. The van der Waals surface area contributed by atoms with Gasteiger partial charge in [0.2, 0.25) is 0 Å². The Balaban J connectivity index is 1.65. The quantitative estimate of drug-likeness (QED) is 0.810. The molecule has 1 heterocycles. The first-order chi connectivity index (χ1) is 10.9. The second kappa shape index (κ2) is 6.32. The van der Waals surface area contributed by atoms with Gasteiger partial charge in [-0.25, -0.2) is 8.42 Å². The van der Waals surface area contributed by atoms with Gasteiger partial charge < -0.3 is 9.64 Å². The molecule has 1 aliphatic heterocycles. The molecule has 7 heteroatoms. The molecule has 23 heavy (non-hydrogen) atoms. The first kappa shape index (κ1) is 16.6. The number of hydrogen-bond donors (Lipinski definition) is 0. The van der Waals surface area contributed by atoms with Gasteiger partial charge >= 0.3 is 0 Å². The molecule has 0 bridgehead atoms. The molecule has 2 fully saturated rings. The number of rotatable bonds is 5. The average molecular weight is 358 g/mol. The number of sulfone groups is 1. The molecule has 1 aromatic rings. The van der Waals surface area contributed by atoms with E-state index in [-0.39, 0.29) is 36.1 Å². The third-order valence-electron chi connectivity index (χ3n) is 4.32. The van der Waals surface area contributed by atoms with Gasteiger partial charge in [0.25, 0.3) is 5.91 Å². The van der Waals surface area contributed by atoms with E-state index >= 15 is 0 Å². The minimum absolute atomic E-state index is 0.0739. The number of halogens is 1. The summed E-state index contributed by atoms with van der Waals surface area (Å²) in [6, 6.07) is 5.22. The molecule has 0 aromatic heterocycles. The zero-order valence-corrected chi connectivity index (χ0v) is 14.6. The number of carbonyl (C=O) groups is 1. The molecule has 1 aromatic carbocycles. The number of benzene rings is 1. The minimum atomic E-state index is -3.01. The van der Waals surface area contributed by atoms with Crippen LogP contribution in [0.25, 0.3) is 0 Å². The number of nitrogens with zero attached hydrogens (tertiary/aromatic N) is 1. The molecule has 1 saturated carbocycles. The lowest BCUT2D eigenvalue weighted by molar-refractivity contribution is -0.135. The van der Waals surface area contributed by atoms with Gasteiger partial charge in [0, 0.05) is 17.1 Å². The molecule has 1 amide bonds. The Morgan fingerprint density at radius 3 is 2.61 bits per heavy atom. The maximum absolute atomic E-state index is 12.6. The minimum Gasteiger partial charge on any atom is -0.483 e. The Morgan fingerprint density at radius 2 is 2.04 bits per heavy atom. The van der Waals surface area contributed by atoms with Crippen LogP contribution in [0.15, 0.2) is 18.2 Å². The van der Waals surface area contributed by atoms with Gasteiger partial charge in [0.15, 0.2) is 16.4 Å². The lowest BCUT2D eigenvalue weighted by atomic mass is 10.2. The number of amides is 1. The Labute approximate surface area is 141 Å². The normalized spacial score (nSPS) is 22.8. The van der Waals surface area contributed by atoms with E-state index in [9.17, 15) is 13.2 Å². The van der Waals surface area contributed by atoms with Crippen molar-refractivity contribution in [2.75, 3.05) is 18.1 Å². The van der Waals surface area contributed by atoms with Crippen LogP contribution in [0.4, 0.5) is 0 Å². The molecule has 0 spiro atoms. The number of aryl methyl sites for hydroxylation is 1. The van der Waals surface area contributed by atoms with Gasteiger partial charge in [-0.3, -0.25) is 4.79 Å². The van der Waals surface area contributed by atoms with Crippen LogP contribution in [0.3, 0.4) is 0 Å². The van der Waals surface area contributed by atoms with Crippen LogP contribution in [-0.4, -0.2) is 49.4 Å². The van der Waals surface area contributed by atoms with Gasteiger partial charge in [-0.05, 0) is 49.9 Å². The third kappa shape index (κ3) is 3.98. The summed E-state index contributed by atoms with van der Waals surface area (Å²) < 4.78 is 29.0. The highest BCUT2D eigenvalue weighted by molar-refractivity contribution is 7.91. The highest BCUT2D eigenvalue weighted by Crippen LogP contribution is 2.32. The van der Waals surface area contributed by atoms with Crippen LogP contribution < -0.4 is 4.74 Å². The number of ether oxygens (including phenoxy) is 1. The van der Waals surface area contributed by atoms with Crippen molar-refractivity contribution in [2.24, 2.45) is 0 Å². The van der Waals surface area contributed by atoms with Crippen LogP contribution in [0.2, 0.25) is 5.02 Å². The lowest BCUT2D eigenvalue weighted by Crippen LogP contribution is -2.45. The van der Waals surface area contributed by atoms with E-state index in [1.165, 1.54) is 0 Å². The average Bonchev–Trinajstić information content (AvgIpc) is 3.22. The molecule has 5 nitrogen and oxygen atoms in total. The molecular formula is C16H20ClNO4S. The van der Waals surface area contributed by atoms with Crippen molar-refractivity contribution in [1.29, 1.82) is 0 Å². The molecule has 0 radical (unpaired) electrons. The topological polar surface area (TPSA) is 63.7 Å². The van der Waals surface area contributed by atoms with Gasteiger partial charge in [-0.15, -0.1) is 0 Å². The fourth-order valence-electron chi connectivity index (χ4n) is 3.04. The van der Waals surface area contributed by atoms with Gasteiger partial charge in [0.1, 0.15) is 5.75 Å². The van der Waals surface area contributed by atoms with E-state index in [0.29, 0.717) is 17.2 Å². The van der Waals surface area contributed by atoms with Crippen molar-refractivity contribution < 1.29 is 17.9 Å². The van der Waals surface area contributed by atoms with E-state index in [0.717, 1.165) is 18.4 Å². The van der Waals surface area contributed by atoms with Crippen molar-refractivity contribution >= 4 is 27.3 Å². The molecular weight excluding hydrogens is 338 g/mol. The van der Waals surface area contributed by atoms with Gasteiger partial charge in [-0.1, -0.05) is 11.6 Å². The molecule has 1 atom stereocenters. The van der Waals surface area contributed by atoms with E-state index in [2.05, 4.69) is 0 Å². The summed E-state index contributed by atoms with van der Waals surface area (Å²) in [5, 5.41) is 0.622. The predicted octanol–water partition coefficient (Wildman–Crippen LogP) is 2.21. The lowest BCUT2D eigenvalue weighted by Gasteiger charge is -2.28. The summed E-state index contributed by atoms with van der Waals surface area (Å²) in [4.78, 5) is 14.3. The molecule has 126 valence electrons. The monoisotopic (exact) mass is 357 g/mol. The summed E-state index contributed by atoms with van der Waals surface area (Å²) in [7, 11) is -3.01. The van der Waals surface area contributed by atoms with E-state index < -0.39 is 9.84 Å². The van der Waals surface area contributed by atoms with Gasteiger partial charge in [-0.2, -0.15) is 0 Å². The SMILES string of the molecule is Cc1cc(Cl)ccc1OCC(=O)N(C1CC1)[C@H]1CCS(=O)(=O)C1. The predicted molar refractivity (Wildman–Crippen MR) is 88.6 cm³/mol. The van der Waals surface area contributed by atoms with Crippen molar-refractivity contribution in [1.82, 2.24) is 4.90 Å². The molecule has 1 saturated heterocycles. The molecule has 3 rings (SSSR count). The van der Waals surface area contributed by atoms with Crippen LogP contribution in [0, 0.1) is 6.92 Å². The summed E-state index contributed by atoms with van der Waals surface area (Å²) in [6.45, 7) is 1.80. The highest BCUT2D eigenvalue weighted by atomic mass is 35.5. The van der Waals surface area contributed by atoms with Gasteiger partial charge in [0.05, 0.1) is 11.5 Å². The standard InChI is InChI=1S/C16H20ClNO4S/c1-11-8-12(17)2-5-15(11)22-9-16(19)18(13-3-4-13)14-6-7-23(20,21)10-14/h2,5,8,13-14H,3-4,6-7,9-10H2,1H3/t14-/m0/s1. The summed E-state index contributed by atoms with van der Waals surface area (Å²) in [5.74, 6) is 0.738. The first-order valence-electron chi connectivity index (χ1n) is 7.76. The van der Waals surface area contributed by atoms with Crippen molar-refractivity contribution in [3.05, 3.63) is 28.8 Å². The van der Waals surface area contributed by atoms with Crippen molar-refractivity contribution in [3.8, 4) is 5.75 Å². The number of hydrogen-bond acceptors (Lipinski definition) is 4. The second-order valence-corrected chi connectivity index (χ2v) is 8.95. The fourth-order valence-corrected chi connectivity index (χ4v) is 4.98. The largest absolute Gasteiger partial charge is 0.483 e. The Hall–Kier alpha value is -1.27. The summed E-state index contributed by atoms with van der Waals surface area (Å²) in [6.07, 6.45) is 2.43.